The molecule has 0 fully saturated rings. The maximum absolute atomic E-state index is 13.2. The summed E-state index contributed by atoms with van der Waals surface area (Å²) in [5.74, 6) is 0.698. The molecule has 3 N–H and O–H groups in total. The Kier molecular flexibility index (Phi) is 4.73. The minimum Gasteiger partial charge on any atom is -0.414 e. The molecule has 26 heavy (non-hydrogen) atoms. The maximum Gasteiger partial charge on any atom is 0.276 e. The van der Waals surface area contributed by atoms with Crippen molar-refractivity contribution in [1.82, 2.24) is 15.2 Å². The molecule has 0 bridgehead atoms. The molecule has 0 radical (unpaired) electrons. The standard InChI is InChI=1S/C19H17FN4OS/c20-14-5-3-4-12(8-14)11-26-19-24-23-18(25-19)16(21)9-13-10-22-17-7-2-1-6-15(13)17/h1-8,10,16,22H,9,11,21H2. The zero-order chi connectivity index (χ0) is 17.9. The van der Waals surface area contributed by atoms with E-state index >= 15 is 0 Å². The van der Waals surface area contributed by atoms with Crippen LogP contribution in [0, 0.1) is 5.82 Å². The van der Waals surface area contributed by atoms with Crippen molar-refractivity contribution in [3.05, 3.63) is 77.6 Å². The molecule has 1 unspecified atom stereocenters. The lowest BCUT2D eigenvalue weighted by Gasteiger charge is -2.05. The Hall–Kier alpha value is -2.64. The van der Waals surface area contributed by atoms with Crippen molar-refractivity contribution >= 4 is 22.7 Å². The summed E-state index contributed by atoms with van der Waals surface area (Å²) in [6.07, 6.45) is 2.56. The zero-order valence-electron chi connectivity index (χ0n) is 13.9. The van der Waals surface area contributed by atoms with Crippen LogP contribution in [0.3, 0.4) is 0 Å². The number of rotatable bonds is 6. The number of fused-ring (bicyclic) bond motifs is 1. The Morgan fingerprint density at radius 1 is 1.15 bits per heavy atom. The largest absolute Gasteiger partial charge is 0.414 e. The second-order valence-corrected chi connectivity index (χ2v) is 6.92. The van der Waals surface area contributed by atoms with Crippen LogP contribution in [0.1, 0.15) is 23.1 Å². The summed E-state index contributed by atoms with van der Waals surface area (Å²) in [6, 6.07) is 14.1. The number of thioether (sulfide) groups is 1. The Bertz CT molecular complexity index is 1030. The van der Waals surface area contributed by atoms with Gasteiger partial charge in [0.05, 0.1) is 6.04 Å². The molecule has 2 aromatic heterocycles. The lowest BCUT2D eigenvalue weighted by Crippen LogP contribution is -2.13. The third-order valence-corrected chi connectivity index (χ3v) is 4.99. The van der Waals surface area contributed by atoms with Gasteiger partial charge in [-0.1, -0.05) is 42.1 Å². The number of H-pyrrole nitrogens is 1. The van der Waals surface area contributed by atoms with Gasteiger partial charge in [0.25, 0.3) is 5.22 Å². The van der Waals surface area contributed by atoms with Crippen LogP contribution in [0.25, 0.3) is 10.9 Å². The molecule has 7 heteroatoms. The van der Waals surface area contributed by atoms with Gasteiger partial charge in [0.15, 0.2) is 0 Å². The van der Waals surface area contributed by atoms with Gasteiger partial charge in [-0.15, -0.1) is 10.2 Å². The molecule has 4 rings (SSSR count). The molecule has 0 aliphatic heterocycles. The number of benzene rings is 2. The SMILES string of the molecule is NC(Cc1c[nH]c2ccccc12)c1nnc(SCc2cccc(F)c2)o1. The minimum absolute atomic E-state index is 0.255. The van der Waals surface area contributed by atoms with E-state index in [0.29, 0.717) is 23.3 Å². The van der Waals surface area contributed by atoms with Crippen molar-refractivity contribution in [2.75, 3.05) is 0 Å². The molecule has 2 aromatic carbocycles. The Morgan fingerprint density at radius 3 is 2.92 bits per heavy atom. The predicted molar refractivity (Wildman–Crippen MR) is 99.2 cm³/mol. The van der Waals surface area contributed by atoms with Gasteiger partial charge in [-0.3, -0.25) is 0 Å². The molecule has 4 aromatic rings. The summed E-state index contributed by atoms with van der Waals surface area (Å²) in [4.78, 5) is 3.24. The van der Waals surface area contributed by atoms with E-state index in [-0.39, 0.29) is 11.9 Å². The van der Waals surface area contributed by atoms with Crippen LogP contribution in [-0.4, -0.2) is 15.2 Å². The van der Waals surface area contributed by atoms with E-state index < -0.39 is 0 Å². The number of hydrogen-bond donors (Lipinski definition) is 2. The normalized spacial score (nSPS) is 12.5. The van der Waals surface area contributed by atoms with E-state index in [2.05, 4.69) is 21.2 Å². The first-order valence-electron chi connectivity index (χ1n) is 8.20. The summed E-state index contributed by atoms with van der Waals surface area (Å²) >= 11 is 1.36. The second-order valence-electron chi connectivity index (χ2n) is 5.99. The summed E-state index contributed by atoms with van der Waals surface area (Å²) in [7, 11) is 0. The number of para-hydroxylation sites is 1. The van der Waals surface area contributed by atoms with Gasteiger partial charge in [-0.05, 0) is 35.7 Å². The number of nitrogens with zero attached hydrogens (tertiary/aromatic N) is 2. The van der Waals surface area contributed by atoms with E-state index in [9.17, 15) is 4.39 Å². The average Bonchev–Trinajstić information content (AvgIpc) is 3.28. The van der Waals surface area contributed by atoms with Crippen molar-refractivity contribution in [3.63, 3.8) is 0 Å². The summed E-state index contributed by atoms with van der Waals surface area (Å²) in [5, 5.41) is 9.66. The molecular weight excluding hydrogens is 351 g/mol. The predicted octanol–water partition coefficient (Wildman–Crippen LogP) is 4.22. The van der Waals surface area contributed by atoms with Crippen LogP contribution in [0.15, 0.2) is 64.4 Å². The highest BCUT2D eigenvalue weighted by Gasteiger charge is 2.17. The van der Waals surface area contributed by atoms with Gasteiger partial charge in [0.2, 0.25) is 5.89 Å². The van der Waals surface area contributed by atoms with E-state index in [1.54, 1.807) is 6.07 Å². The lowest BCUT2D eigenvalue weighted by atomic mass is 10.1. The minimum atomic E-state index is -0.384. The monoisotopic (exact) mass is 368 g/mol. The molecule has 0 amide bonds. The molecule has 0 saturated heterocycles. The highest BCUT2D eigenvalue weighted by molar-refractivity contribution is 7.98. The third-order valence-electron chi connectivity index (χ3n) is 4.11. The topological polar surface area (TPSA) is 80.7 Å². The molecule has 0 spiro atoms. The highest BCUT2D eigenvalue weighted by atomic mass is 32.2. The molecule has 0 saturated carbocycles. The number of halogens is 1. The first kappa shape index (κ1) is 16.8. The number of nitrogens with one attached hydrogen (secondary N) is 1. The van der Waals surface area contributed by atoms with E-state index in [1.807, 2.05) is 30.5 Å². The molecular formula is C19H17FN4OS. The first-order chi connectivity index (χ1) is 12.7. The van der Waals surface area contributed by atoms with Gasteiger partial charge in [-0.25, -0.2) is 4.39 Å². The van der Waals surface area contributed by atoms with Crippen LogP contribution in [0.4, 0.5) is 4.39 Å². The van der Waals surface area contributed by atoms with Crippen LogP contribution in [0.5, 0.6) is 0 Å². The van der Waals surface area contributed by atoms with Gasteiger partial charge < -0.3 is 15.1 Å². The quantitative estimate of drug-likeness (QED) is 0.498. The molecule has 5 nitrogen and oxygen atoms in total. The van der Waals surface area contributed by atoms with Crippen molar-refractivity contribution in [1.29, 1.82) is 0 Å². The first-order valence-corrected chi connectivity index (χ1v) is 9.19. The maximum atomic E-state index is 13.2. The fraction of sp³-hybridized carbons (Fsp3) is 0.158. The number of aromatic nitrogens is 3. The number of nitrogens with two attached hydrogens (primary N) is 1. The molecule has 0 aliphatic carbocycles. The van der Waals surface area contributed by atoms with Gasteiger partial charge in [0.1, 0.15) is 5.82 Å². The summed E-state index contributed by atoms with van der Waals surface area (Å²) in [5.41, 5.74) is 9.29. The summed E-state index contributed by atoms with van der Waals surface area (Å²) < 4.78 is 18.9. The van der Waals surface area contributed by atoms with E-state index in [4.69, 9.17) is 10.2 Å². The van der Waals surface area contributed by atoms with Crippen molar-refractivity contribution in [3.8, 4) is 0 Å². The average molecular weight is 368 g/mol. The Labute approximate surface area is 153 Å². The molecule has 1 atom stereocenters. The van der Waals surface area contributed by atoms with E-state index in [1.165, 1.54) is 23.9 Å². The molecule has 2 heterocycles. The van der Waals surface area contributed by atoms with Gasteiger partial charge in [0, 0.05) is 22.9 Å². The molecule has 132 valence electrons. The van der Waals surface area contributed by atoms with Crippen molar-refractivity contribution in [2.24, 2.45) is 5.73 Å². The second kappa shape index (κ2) is 7.31. The van der Waals surface area contributed by atoms with Crippen molar-refractivity contribution < 1.29 is 8.81 Å². The van der Waals surface area contributed by atoms with Crippen LogP contribution >= 0.6 is 11.8 Å². The fourth-order valence-corrected chi connectivity index (χ4v) is 3.54. The number of hydrogen-bond acceptors (Lipinski definition) is 5. The Balaban J connectivity index is 1.42. The fourth-order valence-electron chi connectivity index (χ4n) is 2.83. The van der Waals surface area contributed by atoms with Crippen LogP contribution in [0.2, 0.25) is 0 Å². The summed E-state index contributed by atoms with van der Waals surface area (Å²) in [6.45, 7) is 0. The van der Waals surface area contributed by atoms with Gasteiger partial charge >= 0.3 is 0 Å². The smallest absolute Gasteiger partial charge is 0.276 e. The zero-order valence-corrected chi connectivity index (χ0v) is 14.7. The third kappa shape index (κ3) is 3.63. The van der Waals surface area contributed by atoms with E-state index in [0.717, 1.165) is 22.0 Å². The van der Waals surface area contributed by atoms with Crippen LogP contribution < -0.4 is 5.73 Å². The molecule has 0 aliphatic rings. The van der Waals surface area contributed by atoms with Crippen LogP contribution in [-0.2, 0) is 12.2 Å². The lowest BCUT2D eigenvalue weighted by molar-refractivity contribution is 0.385. The highest BCUT2D eigenvalue weighted by Crippen LogP contribution is 2.26. The van der Waals surface area contributed by atoms with Gasteiger partial charge in [-0.2, -0.15) is 0 Å². The Morgan fingerprint density at radius 2 is 2.04 bits per heavy atom. The number of aromatic amines is 1. The van der Waals surface area contributed by atoms with Crippen molar-refractivity contribution in [2.45, 2.75) is 23.4 Å².